The van der Waals surface area contributed by atoms with Crippen LogP contribution in [0.15, 0.2) is 60.7 Å². The van der Waals surface area contributed by atoms with Crippen LogP contribution in [0.2, 0.25) is 5.04 Å². The highest BCUT2D eigenvalue weighted by molar-refractivity contribution is 6.99. The van der Waals surface area contributed by atoms with Gasteiger partial charge in [0.25, 0.3) is 8.32 Å². The Hall–Kier alpha value is -2.48. The van der Waals surface area contributed by atoms with Crippen molar-refractivity contribution >= 4 is 30.7 Å². The van der Waals surface area contributed by atoms with Gasteiger partial charge in [0, 0.05) is 6.61 Å². The molecule has 2 fully saturated rings. The predicted molar refractivity (Wildman–Crippen MR) is 138 cm³/mol. The van der Waals surface area contributed by atoms with E-state index in [9.17, 15) is 9.59 Å². The molecule has 2 aromatic carbocycles. The molecule has 0 aliphatic carbocycles. The fourth-order valence-electron chi connectivity index (χ4n) is 5.37. The highest BCUT2D eigenvalue weighted by atomic mass is 28.4. The Kier molecular flexibility index (Phi) is 8.09. The van der Waals surface area contributed by atoms with E-state index in [-0.39, 0.29) is 36.2 Å². The molecule has 7 heteroatoms. The average molecular weight is 496 g/mol. The average Bonchev–Trinajstić information content (AvgIpc) is 3.28. The lowest BCUT2D eigenvalue weighted by Gasteiger charge is -2.43. The van der Waals surface area contributed by atoms with Crippen molar-refractivity contribution in [2.75, 3.05) is 19.8 Å². The van der Waals surface area contributed by atoms with Gasteiger partial charge in [0.05, 0.1) is 25.2 Å². The lowest BCUT2D eigenvalue weighted by atomic mass is 10.00. The van der Waals surface area contributed by atoms with Gasteiger partial charge in [-0.05, 0) is 41.1 Å². The van der Waals surface area contributed by atoms with Gasteiger partial charge >= 0.3 is 6.09 Å². The number of ether oxygens (including phenoxy) is 2. The van der Waals surface area contributed by atoms with Crippen LogP contribution in [0.25, 0.3) is 0 Å². The van der Waals surface area contributed by atoms with E-state index >= 15 is 0 Å². The molecule has 2 atom stereocenters. The number of amides is 2. The molecule has 0 radical (unpaired) electrons. The number of cyclic esters (lactones) is 1. The second kappa shape index (κ2) is 11.1. The van der Waals surface area contributed by atoms with Crippen LogP contribution in [-0.4, -0.2) is 57.2 Å². The quantitative estimate of drug-likeness (QED) is 0.512. The third-order valence-corrected chi connectivity index (χ3v) is 12.1. The van der Waals surface area contributed by atoms with Crippen LogP contribution in [0, 0.1) is 0 Å². The Bertz CT molecular complexity index is 952. The number of rotatable bonds is 8. The van der Waals surface area contributed by atoms with Crippen LogP contribution in [0.1, 0.15) is 52.9 Å². The Labute approximate surface area is 209 Å². The molecule has 0 bridgehead atoms. The number of carbonyl (C=O) groups is 2. The SMILES string of the molecule is CC(C)(C)[Si](OCC[C@@H]1CCC[C@@H](CC(=O)N2CCOC2=O)O1)(c1ccccc1)c1ccccc1. The minimum Gasteiger partial charge on any atom is -0.447 e. The first-order valence-electron chi connectivity index (χ1n) is 12.7. The summed E-state index contributed by atoms with van der Waals surface area (Å²) in [4.78, 5) is 25.4. The molecular weight excluding hydrogens is 458 g/mol. The molecule has 0 N–H and O–H groups in total. The van der Waals surface area contributed by atoms with E-state index in [0.29, 0.717) is 13.2 Å². The normalized spacial score (nSPS) is 21.1. The van der Waals surface area contributed by atoms with Crippen molar-refractivity contribution in [3.8, 4) is 0 Å². The van der Waals surface area contributed by atoms with Crippen molar-refractivity contribution in [1.29, 1.82) is 0 Å². The molecular formula is C28H37NO5Si. The van der Waals surface area contributed by atoms with Gasteiger partial charge in [0.1, 0.15) is 6.61 Å². The van der Waals surface area contributed by atoms with Crippen molar-refractivity contribution in [2.24, 2.45) is 0 Å². The third-order valence-electron chi connectivity index (χ3n) is 7.08. The molecule has 0 spiro atoms. The summed E-state index contributed by atoms with van der Waals surface area (Å²) < 4.78 is 18.2. The number of nitrogens with zero attached hydrogens (tertiary/aromatic N) is 1. The number of carbonyl (C=O) groups excluding carboxylic acids is 2. The molecule has 2 aliphatic rings. The van der Waals surface area contributed by atoms with Crippen LogP contribution in [-0.2, 0) is 18.7 Å². The van der Waals surface area contributed by atoms with Gasteiger partial charge in [-0.1, -0.05) is 81.4 Å². The third kappa shape index (κ3) is 5.68. The molecule has 4 rings (SSSR count). The summed E-state index contributed by atoms with van der Waals surface area (Å²) in [7, 11) is -2.57. The summed E-state index contributed by atoms with van der Waals surface area (Å²) in [6.45, 7) is 8.04. The maximum Gasteiger partial charge on any atom is 0.416 e. The zero-order valence-electron chi connectivity index (χ0n) is 21.1. The summed E-state index contributed by atoms with van der Waals surface area (Å²) >= 11 is 0. The number of imide groups is 1. The van der Waals surface area contributed by atoms with Gasteiger partial charge in [-0.25, -0.2) is 9.69 Å². The first-order valence-corrected chi connectivity index (χ1v) is 14.6. The first-order chi connectivity index (χ1) is 16.8. The predicted octanol–water partition coefficient (Wildman–Crippen LogP) is 4.26. The van der Waals surface area contributed by atoms with E-state index in [1.807, 2.05) is 0 Å². The van der Waals surface area contributed by atoms with E-state index < -0.39 is 14.4 Å². The van der Waals surface area contributed by atoms with E-state index in [4.69, 9.17) is 13.9 Å². The lowest BCUT2D eigenvalue weighted by molar-refractivity contribution is -0.134. The zero-order chi connectivity index (χ0) is 24.9. The van der Waals surface area contributed by atoms with Crippen LogP contribution in [0.4, 0.5) is 4.79 Å². The van der Waals surface area contributed by atoms with Crippen molar-refractivity contribution in [3.63, 3.8) is 0 Å². The van der Waals surface area contributed by atoms with Gasteiger partial charge < -0.3 is 13.9 Å². The van der Waals surface area contributed by atoms with E-state index in [2.05, 4.69) is 81.4 Å². The fourth-order valence-corrected chi connectivity index (χ4v) is 9.95. The molecule has 2 amide bonds. The first kappa shape index (κ1) is 25.6. The topological polar surface area (TPSA) is 65.1 Å². The maximum absolute atomic E-state index is 12.5. The molecule has 2 aliphatic heterocycles. The molecule has 35 heavy (non-hydrogen) atoms. The van der Waals surface area contributed by atoms with Gasteiger partial charge in [-0.2, -0.15) is 0 Å². The number of benzene rings is 2. The lowest BCUT2D eigenvalue weighted by Crippen LogP contribution is -2.66. The van der Waals surface area contributed by atoms with Crippen LogP contribution in [0.5, 0.6) is 0 Å². The molecule has 188 valence electrons. The Morgan fingerprint density at radius 1 is 1.00 bits per heavy atom. The Morgan fingerprint density at radius 2 is 1.60 bits per heavy atom. The minimum atomic E-state index is -2.57. The Morgan fingerprint density at radius 3 is 2.14 bits per heavy atom. The van der Waals surface area contributed by atoms with Crippen molar-refractivity contribution in [3.05, 3.63) is 60.7 Å². The monoisotopic (exact) mass is 495 g/mol. The molecule has 2 heterocycles. The zero-order valence-corrected chi connectivity index (χ0v) is 22.1. The van der Waals surface area contributed by atoms with Crippen LogP contribution in [0.3, 0.4) is 0 Å². The summed E-state index contributed by atoms with van der Waals surface area (Å²) in [6, 6.07) is 21.3. The Balaban J connectivity index is 1.44. The van der Waals surface area contributed by atoms with Gasteiger partial charge in [0.2, 0.25) is 5.91 Å². The fraction of sp³-hybridized carbons (Fsp3) is 0.500. The second-order valence-corrected chi connectivity index (χ2v) is 14.8. The van der Waals surface area contributed by atoms with Crippen molar-refractivity contribution < 1.29 is 23.5 Å². The van der Waals surface area contributed by atoms with Crippen molar-refractivity contribution in [1.82, 2.24) is 4.90 Å². The molecule has 6 nitrogen and oxygen atoms in total. The minimum absolute atomic E-state index is 0.0466. The van der Waals surface area contributed by atoms with Gasteiger partial charge in [0.15, 0.2) is 0 Å². The molecule has 0 unspecified atom stereocenters. The van der Waals surface area contributed by atoms with Crippen molar-refractivity contribution in [2.45, 2.75) is 70.1 Å². The van der Waals surface area contributed by atoms with E-state index in [1.54, 1.807) is 0 Å². The van der Waals surface area contributed by atoms with Gasteiger partial charge in [-0.15, -0.1) is 0 Å². The summed E-state index contributed by atoms with van der Waals surface area (Å²) in [5.41, 5.74) is 0. The van der Waals surface area contributed by atoms with Gasteiger partial charge in [-0.3, -0.25) is 4.79 Å². The maximum atomic E-state index is 12.5. The highest BCUT2D eigenvalue weighted by Gasteiger charge is 2.50. The van der Waals surface area contributed by atoms with E-state index in [1.165, 1.54) is 15.3 Å². The molecule has 2 saturated heterocycles. The van der Waals surface area contributed by atoms with Crippen LogP contribution < -0.4 is 10.4 Å². The van der Waals surface area contributed by atoms with Crippen LogP contribution >= 0.6 is 0 Å². The largest absolute Gasteiger partial charge is 0.447 e. The molecule has 2 aromatic rings. The van der Waals surface area contributed by atoms with E-state index in [0.717, 1.165) is 25.7 Å². The highest BCUT2D eigenvalue weighted by Crippen LogP contribution is 2.37. The summed E-state index contributed by atoms with van der Waals surface area (Å²) in [6.07, 6.45) is 3.14. The number of hydrogen-bond acceptors (Lipinski definition) is 5. The summed E-state index contributed by atoms with van der Waals surface area (Å²) in [5.74, 6) is -0.207. The standard InChI is InChI=1S/C28H37NO5Si/c1-28(2,3)35(24-13-6-4-7-14-24,25-15-8-5-9-16-25)33-19-17-22-11-10-12-23(34-22)21-26(30)29-18-20-32-27(29)31/h4-9,13-16,22-23H,10-12,17-21H2,1-3H3/t22-,23-/m0/s1. The number of hydrogen-bond donors (Lipinski definition) is 0. The molecule has 0 saturated carbocycles. The molecule has 0 aromatic heterocycles. The summed E-state index contributed by atoms with van der Waals surface area (Å²) in [5, 5.41) is 2.47. The smallest absolute Gasteiger partial charge is 0.416 e. The second-order valence-electron chi connectivity index (χ2n) is 10.5.